The molecule has 0 saturated heterocycles. The molecule has 0 bridgehead atoms. The fraction of sp³-hybridized carbons (Fsp3) is 0. The summed E-state index contributed by atoms with van der Waals surface area (Å²) in [5.41, 5.74) is 20.4. The van der Waals surface area contributed by atoms with Crippen LogP contribution in [0.15, 0.2) is 515 Å². The standard InChI is InChI=1S/C50H30O2.C44H28O.C38H24O/c1-2-14-31(15-3-1)46-35-19-4-6-21-37(35)47(38-22-7-5-20-36(38)46)32-16-12-17-33(30-32)48-39(28-29-45-49(48)42-23-9-11-27-44(42)51-45)41-25-13-24-40-34-18-8-10-26-43(34)52-50(40)41;1-3-11-29(12-4-1)34-23-25-35-40-27-33(24-26-41(40)45-42(35)28-34)30-19-21-32(22-20-30)44-38-17-9-7-15-36(38)43(31-13-5-2-6-14-31)37-16-8-10-18-39(37)44;1-2-10-26(11-3-1)37-30-13-4-6-15-32(30)38(33-16-7-5-14-31(33)37)27-20-18-25(19-21-27)28-22-23-36-34(24-28)29-12-8-9-17-35(29)39-36/h1-30H;1-28H;1-24H/i1D,2D,3D,14D,15D;7D,8D,9D,10D,15D,16D,17D,18D;18D,19D,20D,21D,22D,23D,24D. The Bertz CT molecular complexity index is 10700. The maximum atomic E-state index is 9.31. The predicted octanol–water partition coefficient (Wildman–Crippen LogP) is 37.9. The van der Waals surface area contributed by atoms with Crippen molar-refractivity contribution in [2.24, 2.45) is 0 Å². The van der Waals surface area contributed by atoms with E-state index in [1.54, 1.807) is 48.5 Å². The molecule has 4 heterocycles. The fourth-order valence-corrected chi connectivity index (χ4v) is 20.2. The van der Waals surface area contributed by atoms with Gasteiger partial charge in [0.15, 0.2) is 0 Å². The molecule has 28 rings (SSSR count). The smallest absolute Gasteiger partial charge is 0.143 e. The van der Waals surface area contributed by atoms with Gasteiger partial charge < -0.3 is 17.7 Å². The Labute approximate surface area is 812 Å². The molecule has 4 heteroatoms. The number of rotatable bonds is 11. The third-order valence-electron chi connectivity index (χ3n) is 26.1. The Balaban J connectivity index is 0.000000117. The normalized spacial score (nSPS) is 13.7. The molecule has 0 fully saturated rings. The summed E-state index contributed by atoms with van der Waals surface area (Å²) in [6.07, 6.45) is 0. The van der Waals surface area contributed by atoms with E-state index in [1.165, 1.54) is 0 Å². The minimum absolute atomic E-state index is 0.0864. The van der Waals surface area contributed by atoms with Crippen LogP contribution >= 0.6 is 0 Å². The number of fused-ring (bicyclic) bond motifs is 18. The molecule has 0 aliphatic carbocycles. The van der Waals surface area contributed by atoms with Crippen LogP contribution in [0.3, 0.4) is 0 Å². The van der Waals surface area contributed by atoms with E-state index in [9.17, 15) is 5.48 Å². The van der Waals surface area contributed by atoms with Gasteiger partial charge in [-0.3, -0.25) is 0 Å². The van der Waals surface area contributed by atoms with E-state index in [1.807, 2.05) is 200 Å². The molecule has 0 spiro atoms. The second kappa shape index (κ2) is 33.1. The van der Waals surface area contributed by atoms with Crippen molar-refractivity contribution in [1.29, 1.82) is 0 Å². The van der Waals surface area contributed by atoms with Gasteiger partial charge in [-0.25, -0.2) is 0 Å². The Morgan fingerprint density at radius 2 is 0.485 bits per heavy atom. The molecule has 0 radical (unpaired) electrons. The maximum Gasteiger partial charge on any atom is 0.143 e. The first kappa shape index (κ1) is 60.8. The molecule has 0 saturated carbocycles. The Hall–Kier alpha value is -18.0. The highest BCUT2D eigenvalue weighted by Gasteiger charge is 2.26. The summed E-state index contributed by atoms with van der Waals surface area (Å²) in [6, 6.07) is 116. The van der Waals surface area contributed by atoms with E-state index in [0.717, 1.165) is 176 Å². The SMILES string of the molecule is [2H]c1c([2H])c(-c2c3ccccc3c(-c3ccccc3)c3ccccc23)c([2H])c([2H])c1-c1c([2H])c([2H])c2oc3ccccc3c2c1[2H].[2H]c1c([2H])c([2H])c(-c2c3ccccc3c(-c3cccc(-c4c(-c5cccc6c5oc5ccccc56)ccc5oc6ccccc6c45)c3)c3ccccc23)c([2H])c1[2H].[2H]c1c([2H])c([2H])c2c(-c3ccc(-c4ccc5oc6cc(-c7ccccc7)ccc6c5c4)cc3)c3c([2H])c([2H])c([2H])c([2H])c3c(-c3ccccc3)c2c1[2H]. The molecule has 0 N–H and O–H groups in total. The number of furan rings is 4. The van der Waals surface area contributed by atoms with E-state index in [2.05, 4.69) is 127 Å². The molecule has 24 aromatic carbocycles. The lowest BCUT2D eigenvalue weighted by Gasteiger charge is -2.19. The number of benzene rings is 24. The monoisotopic (exact) mass is 1750 g/mol. The van der Waals surface area contributed by atoms with Gasteiger partial charge in [0, 0.05) is 54.2 Å². The lowest BCUT2D eigenvalue weighted by atomic mass is 9.84. The summed E-state index contributed by atoms with van der Waals surface area (Å²) in [4.78, 5) is 0. The van der Waals surface area contributed by atoms with E-state index in [0.29, 0.717) is 49.7 Å². The van der Waals surface area contributed by atoms with Gasteiger partial charge in [-0.1, -0.05) is 424 Å². The fourth-order valence-electron chi connectivity index (χ4n) is 20.2. The summed E-state index contributed by atoms with van der Waals surface area (Å²) in [6.45, 7) is 0. The van der Waals surface area contributed by atoms with E-state index < -0.39 is 30.2 Å². The minimum atomic E-state index is -0.420. The van der Waals surface area contributed by atoms with Crippen molar-refractivity contribution in [2.45, 2.75) is 0 Å². The molecule has 0 unspecified atom stereocenters. The summed E-state index contributed by atoms with van der Waals surface area (Å²) in [5, 5.41) is 14.6. The third-order valence-corrected chi connectivity index (χ3v) is 26.1. The molecule has 0 aliphatic heterocycles. The molecule has 4 nitrogen and oxygen atoms in total. The molecule has 28 aromatic rings. The molecule has 0 atom stereocenters. The van der Waals surface area contributed by atoms with Crippen molar-refractivity contribution in [3.05, 3.63) is 497 Å². The second-order valence-electron chi connectivity index (χ2n) is 33.8. The topological polar surface area (TPSA) is 52.6 Å². The largest absolute Gasteiger partial charge is 0.456 e. The van der Waals surface area contributed by atoms with Crippen molar-refractivity contribution in [3.63, 3.8) is 0 Å². The van der Waals surface area contributed by atoms with Crippen LogP contribution < -0.4 is 0 Å². The zero-order chi connectivity index (χ0) is 107. The first-order valence-corrected chi connectivity index (χ1v) is 44.9. The van der Waals surface area contributed by atoms with Gasteiger partial charge in [0.2, 0.25) is 0 Å². The summed E-state index contributed by atoms with van der Waals surface area (Å²) >= 11 is 0. The lowest BCUT2D eigenvalue weighted by molar-refractivity contribution is 0.668. The molecule has 4 aromatic heterocycles. The third kappa shape index (κ3) is 13.5. The summed E-state index contributed by atoms with van der Waals surface area (Å²) in [7, 11) is 0. The Kier molecular flexibility index (Phi) is 14.8. The van der Waals surface area contributed by atoms with Crippen molar-refractivity contribution >= 4 is 152 Å². The zero-order valence-corrected chi connectivity index (χ0v) is 72.4. The van der Waals surface area contributed by atoms with Gasteiger partial charge >= 0.3 is 0 Å². The van der Waals surface area contributed by atoms with Crippen LogP contribution in [-0.4, -0.2) is 0 Å². The minimum Gasteiger partial charge on any atom is -0.456 e. The molecule has 634 valence electrons. The van der Waals surface area contributed by atoms with Gasteiger partial charge in [0.25, 0.3) is 0 Å². The number of hydrogen-bond acceptors (Lipinski definition) is 4. The first-order valence-electron chi connectivity index (χ1n) is 54.9. The summed E-state index contributed by atoms with van der Waals surface area (Å²) < 4.78 is 203. The van der Waals surface area contributed by atoms with Gasteiger partial charge in [-0.15, -0.1) is 0 Å². The molecular weight excluding hydrogens is 1650 g/mol. The van der Waals surface area contributed by atoms with Gasteiger partial charge in [0.05, 0.1) is 27.4 Å². The number of para-hydroxylation sites is 4. The van der Waals surface area contributed by atoms with Crippen LogP contribution in [0.5, 0.6) is 0 Å². The zero-order valence-electron chi connectivity index (χ0n) is 92.4. The summed E-state index contributed by atoms with van der Waals surface area (Å²) in [5.74, 6) is 0. The highest BCUT2D eigenvalue weighted by molar-refractivity contribution is 6.26. The predicted molar refractivity (Wildman–Crippen MR) is 573 cm³/mol. The Morgan fingerprint density at radius 1 is 0.140 bits per heavy atom. The van der Waals surface area contributed by atoms with Crippen LogP contribution in [0.1, 0.15) is 27.4 Å². The molecule has 136 heavy (non-hydrogen) atoms. The lowest BCUT2D eigenvalue weighted by Crippen LogP contribution is -1.92. The highest BCUT2D eigenvalue weighted by atomic mass is 16.3. The molecule has 0 aliphatic rings. The van der Waals surface area contributed by atoms with Crippen LogP contribution in [0, 0.1) is 0 Å². The van der Waals surface area contributed by atoms with E-state index in [4.69, 9.17) is 39.6 Å². The van der Waals surface area contributed by atoms with E-state index in [-0.39, 0.29) is 140 Å². The van der Waals surface area contributed by atoms with Gasteiger partial charge in [-0.05, 0) is 249 Å². The number of hydrogen-bond donors (Lipinski definition) is 0. The van der Waals surface area contributed by atoms with Crippen molar-refractivity contribution < 1.29 is 45.1 Å². The van der Waals surface area contributed by atoms with Gasteiger partial charge in [0.1, 0.15) is 44.7 Å². The van der Waals surface area contributed by atoms with Crippen molar-refractivity contribution in [2.75, 3.05) is 0 Å². The van der Waals surface area contributed by atoms with Gasteiger partial charge in [-0.2, -0.15) is 0 Å². The molecule has 0 amide bonds. The van der Waals surface area contributed by atoms with Crippen molar-refractivity contribution in [3.8, 4) is 122 Å². The van der Waals surface area contributed by atoms with Crippen LogP contribution in [0.25, 0.3) is 275 Å². The average molecular weight is 1750 g/mol. The highest BCUT2D eigenvalue weighted by Crippen LogP contribution is 2.52. The van der Waals surface area contributed by atoms with Crippen LogP contribution in [-0.2, 0) is 0 Å². The second-order valence-corrected chi connectivity index (χ2v) is 33.8. The Morgan fingerprint density at radius 3 is 1.05 bits per heavy atom. The molecular formula is C132H82O4. The first-order chi connectivity index (χ1) is 75.8. The van der Waals surface area contributed by atoms with E-state index >= 15 is 0 Å². The quantitative estimate of drug-likeness (QED) is 0.121. The van der Waals surface area contributed by atoms with Crippen molar-refractivity contribution in [1.82, 2.24) is 0 Å². The van der Waals surface area contributed by atoms with Crippen LogP contribution in [0.2, 0.25) is 0 Å². The van der Waals surface area contributed by atoms with Crippen LogP contribution in [0.4, 0.5) is 0 Å². The maximum absolute atomic E-state index is 9.31. The average Bonchev–Trinajstić information content (AvgIpc) is 0.870.